The van der Waals surface area contributed by atoms with Crippen LogP contribution in [0.4, 0.5) is 5.69 Å². The van der Waals surface area contributed by atoms with Gasteiger partial charge in [0.25, 0.3) is 0 Å². The van der Waals surface area contributed by atoms with Crippen LogP contribution in [0.15, 0.2) is 97.1 Å². The van der Waals surface area contributed by atoms with E-state index in [9.17, 15) is 14.4 Å². The summed E-state index contributed by atoms with van der Waals surface area (Å²) in [5.74, 6) is -1.60. The Hall–Kier alpha value is -3.99. The lowest BCUT2D eigenvalue weighted by molar-refractivity contribution is 0.0666. The molecule has 0 N–H and O–H groups in total. The van der Waals surface area contributed by atoms with E-state index in [0.29, 0.717) is 32.3 Å². The minimum atomic E-state index is -1.59. The van der Waals surface area contributed by atoms with Crippen LogP contribution < -0.4 is 4.90 Å². The maximum atomic E-state index is 14.7. The Kier molecular flexibility index (Phi) is 5.64. The van der Waals surface area contributed by atoms with Gasteiger partial charge in [-0.05, 0) is 42.3 Å². The van der Waals surface area contributed by atoms with Crippen molar-refractivity contribution in [2.24, 2.45) is 5.41 Å². The summed E-state index contributed by atoms with van der Waals surface area (Å²) >= 11 is 13.2. The van der Waals surface area contributed by atoms with E-state index in [1.807, 2.05) is 66.4 Å². The molecule has 4 aromatic rings. The fourth-order valence-electron chi connectivity index (χ4n) is 6.91. The lowest BCUT2D eigenvalue weighted by Crippen LogP contribution is -2.48. The van der Waals surface area contributed by atoms with Gasteiger partial charge >= 0.3 is 0 Å². The number of benzene rings is 4. The molecule has 0 bridgehead atoms. The maximum absolute atomic E-state index is 14.7. The highest BCUT2D eigenvalue weighted by atomic mass is 35.5. The second kappa shape index (κ2) is 9.02. The van der Waals surface area contributed by atoms with Gasteiger partial charge < -0.3 is 4.90 Å². The quantitative estimate of drug-likeness (QED) is 0.190. The lowest BCUT2D eigenvalue weighted by atomic mass is 9.64. The highest BCUT2D eigenvalue weighted by Crippen LogP contribution is 2.61. The molecule has 40 heavy (non-hydrogen) atoms. The first kappa shape index (κ1) is 25.0. The number of rotatable bonds is 3. The molecule has 4 nitrogen and oxygen atoms in total. The predicted molar refractivity (Wildman–Crippen MR) is 158 cm³/mol. The third-order valence-electron chi connectivity index (χ3n) is 8.61. The van der Waals surface area contributed by atoms with Gasteiger partial charge in [0.05, 0.1) is 6.04 Å². The van der Waals surface area contributed by atoms with Crippen molar-refractivity contribution in [1.82, 2.24) is 0 Å². The summed E-state index contributed by atoms with van der Waals surface area (Å²) in [4.78, 5) is 45.9. The molecule has 1 spiro atoms. The standard InChI is InChI=1S/C34H23Cl2NO3/c1-19-10-12-20(13-11-19)31(38)30-29(25-8-4-5-9-26(25)36)34(32(39)23-6-2-3-7-24(23)33(34)40)28-17-14-21-18-22(35)15-16-27(21)37(28)30/h2-18,28-30H,1H3/t28-,29-,30+/m1/s1. The van der Waals surface area contributed by atoms with Crippen molar-refractivity contribution < 1.29 is 14.4 Å². The van der Waals surface area contributed by atoms with E-state index in [4.69, 9.17) is 23.2 Å². The number of anilines is 1. The van der Waals surface area contributed by atoms with Crippen LogP contribution in [0, 0.1) is 12.3 Å². The first-order chi connectivity index (χ1) is 19.3. The van der Waals surface area contributed by atoms with E-state index < -0.39 is 23.4 Å². The van der Waals surface area contributed by atoms with Crippen molar-refractivity contribution in [3.63, 3.8) is 0 Å². The molecule has 1 fully saturated rings. The fourth-order valence-corrected chi connectivity index (χ4v) is 7.34. The number of carbonyl (C=O) groups is 3. The number of halogens is 2. The van der Waals surface area contributed by atoms with Crippen LogP contribution in [0.5, 0.6) is 0 Å². The van der Waals surface area contributed by atoms with E-state index in [-0.39, 0.29) is 17.3 Å². The number of ketones is 3. The fraction of sp³-hybridized carbons (Fsp3) is 0.147. The van der Waals surface area contributed by atoms with E-state index in [2.05, 4.69) is 0 Å². The van der Waals surface area contributed by atoms with Gasteiger partial charge in [-0.3, -0.25) is 14.4 Å². The van der Waals surface area contributed by atoms with E-state index in [1.54, 1.807) is 48.5 Å². The Morgan fingerprint density at radius 2 is 1.48 bits per heavy atom. The number of fused-ring (bicyclic) bond motifs is 5. The van der Waals surface area contributed by atoms with Crippen LogP contribution in [-0.4, -0.2) is 29.4 Å². The molecule has 3 aliphatic rings. The zero-order valence-electron chi connectivity index (χ0n) is 21.5. The molecule has 0 amide bonds. The molecule has 6 heteroatoms. The third-order valence-corrected chi connectivity index (χ3v) is 9.19. The Bertz CT molecular complexity index is 1740. The van der Waals surface area contributed by atoms with Gasteiger partial charge in [0, 0.05) is 38.3 Å². The van der Waals surface area contributed by atoms with Crippen LogP contribution in [0.1, 0.15) is 53.7 Å². The van der Waals surface area contributed by atoms with Gasteiger partial charge in [0.1, 0.15) is 11.5 Å². The molecular formula is C34H23Cl2NO3. The third kappa shape index (κ3) is 3.30. The second-order valence-corrected chi connectivity index (χ2v) is 11.5. The molecule has 0 aromatic heterocycles. The van der Waals surface area contributed by atoms with Crippen molar-refractivity contribution in [2.45, 2.75) is 24.9 Å². The molecule has 7 rings (SSSR count). The molecule has 2 heterocycles. The van der Waals surface area contributed by atoms with Crippen molar-refractivity contribution in [1.29, 1.82) is 0 Å². The average Bonchev–Trinajstić information content (AvgIpc) is 3.39. The van der Waals surface area contributed by atoms with Crippen LogP contribution in [0.3, 0.4) is 0 Å². The Morgan fingerprint density at radius 3 is 2.15 bits per heavy atom. The smallest absolute Gasteiger partial charge is 0.185 e. The monoisotopic (exact) mass is 563 g/mol. The summed E-state index contributed by atoms with van der Waals surface area (Å²) in [5, 5.41) is 0.963. The maximum Gasteiger partial charge on any atom is 0.185 e. The molecule has 2 aliphatic heterocycles. The van der Waals surface area contributed by atoms with Crippen molar-refractivity contribution in [3.05, 3.63) is 140 Å². The highest BCUT2D eigenvalue weighted by molar-refractivity contribution is 6.34. The van der Waals surface area contributed by atoms with Crippen LogP contribution in [-0.2, 0) is 0 Å². The summed E-state index contributed by atoms with van der Waals surface area (Å²) in [6, 6.07) is 25.4. The van der Waals surface area contributed by atoms with Crippen LogP contribution in [0.25, 0.3) is 6.08 Å². The number of carbonyl (C=O) groups excluding carboxylic acids is 3. The van der Waals surface area contributed by atoms with Crippen molar-refractivity contribution in [2.75, 3.05) is 4.90 Å². The minimum Gasteiger partial charge on any atom is -0.352 e. The van der Waals surface area contributed by atoms with E-state index in [0.717, 1.165) is 16.8 Å². The highest BCUT2D eigenvalue weighted by Gasteiger charge is 2.71. The summed E-state index contributed by atoms with van der Waals surface area (Å²) in [6.07, 6.45) is 3.78. The topological polar surface area (TPSA) is 54.5 Å². The first-order valence-electron chi connectivity index (χ1n) is 13.1. The van der Waals surface area contributed by atoms with Gasteiger partial charge in [-0.25, -0.2) is 0 Å². The summed E-state index contributed by atoms with van der Waals surface area (Å²) in [5.41, 5.74) is 2.85. The van der Waals surface area contributed by atoms with Crippen molar-refractivity contribution >= 4 is 52.3 Å². The lowest BCUT2D eigenvalue weighted by Gasteiger charge is -2.37. The van der Waals surface area contributed by atoms with E-state index >= 15 is 0 Å². The number of hydrogen-bond acceptors (Lipinski definition) is 4. The van der Waals surface area contributed by atoms with Gasteiger partial charge in [-0.2, -0.15) is 0 Å². The molecule has 3 atom stereocenters. The van der Waals surface area contributed by atoms with Gasteiger partial charge in [0.2, 0.25) is 0 Å². The zero-order chi connectivity index (χ0) is 27.8. The van der Waals surface area contributed by atoms with Gasteiger partial charge in [0.15, 0.2) is 17.3 Å². The number of aryl methyl sites for hydroxylation is 1. The number of Topliss-reactive ketones (excluding diaryl/α,β-unsaturated/α-hetero) is 3. The number of nitrogens with zero attached hydrogens (tertiary/aromatic N) is 1. The van der Waals surface area contributed by atoms with Gasteiger partial charge in [-0.1, -0.05) is 108 Å². The molecule has 1 aliphatic carbocycles. The Morgan fingerprint density at radius 1 is 0.825 bits per heavy atom. The first-order valence-corrected chi connectivity index (χ1v) is 13.9. The molecular weight excluding hydrogens is 541 g/mol. The zero-order valence-corrected chi connectivity index (χ0v) is 23.0. The molecule has 196 valence electrons. The molecule has 0 saturated carbocycles. The van der Waals surface area contributed by atoms with Crippen LogP contribution in [0.2, 0.25) is 10.0 Å². The summed E-state index contributed by atoms with van der Waals surface area (Å²) in [6.45, 7) is 1.96. The van der Waals surface area contributed by atoms with Crippen LogP contribution >= 0.6 is 23.2 Å². The second-order valence-electron chi connectivity index (χ2n) is 10.7. The predicted octanol–water partition coefficient (Wildman–Crippen LogP) is 7.62. The Balaban J connectivity index is 1.56. The normalized spacial score (nSPS) is 21.9. The summed E-state index contributed by atoms with van der Waals surface area (Å²) < 4.78 is 0. The Labute approximate surface area is 241 Å². The average molecular weight is 564 g/mol. The minimum absolute atomic E-state index is 0.181. The molecule has 0 unspecified atom stereocenters. The van der Waals surface area contributed by atoms with Crippen molar-refractivity contribution in [3.8, 4) is 0 Å². The molecule has 0 radical (unpaired) electrons. The largest absolute Gasteiger partial charge is 0.352 e. The number of hydrogen-bond donors (Lipinski definition) is 0. The summed E-state index contributed by atoms with van der Waals surface area (Å²) in [7, 11) is 0. The van der Waals surface area contributed by atoms with E-state index in [1.165, 1.54) is 0 Å². The SMILES string of the molecule is Cc1ccc(C(=O)[C@@H]2[C@@H](c3ccccc3Cl)C3(C(=O)c4ccccc4C3=O)[C@H]3C=Cc4cc(Cl)ccc4N23)cc1. The molecule has 1 saturated heterocycles. The molecule has 4 aromatic carbocycles. The van der Waals surface area contributed by atoms with Gasteiger partial charge in [-0.15, -0.1) is 0 Å².